The highest BCUT2D eigenvalue weighted by molar-refractivity contribution is 9.10. The molecule has 0 aliphatic carbocycles. The molecular formula is C12H15BrN4O2. The van der Waals surface area contributed by atoms with Gasteiger partial charge in [0.1, 0.15) is 22.3 Å². The maximum atomic E-state index is 11.7. The largest absolute Gasteiger partial charge is 0.358 e. The van der Waals surface area contributed by atoms with Gasteiger partial charge in [0.2, 0.25) is 11.8 Å². The number of nitrogens with one attached hydrogen (secondary N) is 2. The number of hydrogen-bond acceptors (Lipinski definition) is 5. The Labute approximate surface area is 119 Å². The van der Waals surface area contributed by atoms with Gasteiger partial charge in [0.05, 0.1) is 0 Å². The van der Waals surface area contributed by atoms with Gasteiger partial charge in [-0.2, -0.15) is 0 Å². The molecule has 1 aromatic heterocycles. The molecule has 1 unspecified atom stereocenters. The van der Waals surface area contributed by atoms with Crippen molar-refractivity contribution >= 4 is 33.6 Å². The highest BCUT2D eigenvalue weighted by Gasteiger charge is 2.26. The van der Waals surface area contributed by atoms with Gasteiger partial charge in [0.25, 0.3) is 0 Å². The van der Waals surface area contributed by atoms with Crippen LogP contribution in [0.25, 0.3) is 0 Å². The number of imide groups is 1. The summed E-state index contributed by atoms with van der Waals surface area (Å²) >= 11 is 3.33. The molecule has 2 heterocycles. The maximum absolute atomic E-state index is 11.7. The van der Waals surface area contributed by atoms with Gasteiger partial charge < -0.3 is 5.32 Å². The lowest BCUT2D eigenvalue weighted by Crippen LogP contribution is -2.47. The number of carbonyl (C=O) groups excluding carboxylic acids is 2. The summed E-state index contributed by atoms with van der Waals surface area (Å²) in [5.74, 6) is 0.941. The lowest BCUT2D eigenvalue weighted by molar-refractivity contribution is -0.133. The number of hydrogen-bond donors (Lipinski definition) is 2. The number of rotatable bonds is 3. The Kier molecular flexibility index (Phi) is 4.14. The Morgan fingerprint density at radius 2 is 2.16 bits per heavy atom. The molecule has 1 fully saturated rings. The zero-order valence-corrected chi connectivity index (χ0v) is 12.3. The molecule has 2 amide bonds. The highest BCUT2D eigenvalue weighted by Crippen LogP contribution is 2.19. The predicted molar refractivity (Wildman–Crippen MR) is 73.6 cm³/mol. The highest BCUT2D eigenvalue weighted by atomic mass is 79.9. The third-order valence-corrected chi connectivity index (χ3v) is 3.20. The molecule has 2 rings (SSSR count). The van der Waals surface area contributed by atoms with Crippen molar-refractivity contribution in [2.45, 2.75) is 38.6 Å². The molecular weight excluding hydrogens is 312 g/mol. The molecule has 0 aromatic carbocycles. The summed E-state index contributed by atoms with van der Waals surface area (Å²) in [5.41, 5.74) is 0. The third kappa shape index (κ3) is 3.50. The topological polar surface area (TPSA) is 84.0 Å². The fraction of sp³-hybridized carbons (Fsp3) is 0.500. The Morgan fingerprint density at radius 3 is 2.79 bits per heavy atom. The fourth-order valence-corrected chi connectivity index (χ4v) is 2.18. The van der Waals surface area contributed by atoms with Crippen LogP contribution in [-0.2, 0) is 9.59 Å². The maximum Gasteiger partial charge on any atom is 0.249 e. The van der Waals surface area contributed by atoms with E-state index in [-0.39, 0.29) is 17.7 Å². The fourth-order valence-electron chi connectivity index (χ4n) is 1.78. The molecule has 1 aliphatic heterocycles. The van der Waals surface area contributed by atoms with Gasteiger partial charge in [-0.25, -0.2) is 9.97 Å². The van der Waals surface area contributed by atoms with E-state index in [1.165, 1.54) is 0 Å². The standard InChI is InChI=1S/C12H15BrN4O2/c1-6(2)11-15-8(13)5-9(16-11)14-7-3-4-10(18)17-12(7)19/h5-7H,3-4H2,1-2H3,(H,14,15,16)(H,17,18,19). The van der Waals surface area contributed by atoms with E-state index in [2.05, 4.69) is 36.5 Å². The first-order valence-corrected chi connectivity index (χ1v) is 6.89. The van der Waals surface area contributed by atoms with Crippen LogP contribution in [0.3, 0.4) is 0 Å². The van der Waals surface area contributed by atoms with Crippen molar-refractivity contribution in [2.24, 2.45) is 0 Å². The van der Waals surface area contributed by atoms with Gasteiger partial charge in [0, 0.05) is 18.4 Å². The van der Waals surface area contributed by atoms with Crippen molar-refractivity contribution in [1.29, 1.82) is 0 Å². The normalized spacial score (nSPS) is 19.5. The lowest BCUT2D eigenvalue weighted by atomic mass is 10.1. The predicted octanol–water partition coefficient (Wildman–Crippen LogP) is 1.58. The van der Waals surface area contributed by atoms with E-state index in [4.69, 9.17) is 0 Å². The SMILES string of the molecule is CC(C)c1nc(Br)cc(NC2CCC(=O)NC2=O)n1. The van der Waals surface area contributed by atoms with E-state index in [0.717, 1.165) is 0 Å². The van der Waals surface area contributed by atoms with Crippen molar-refractivity contribution < 1.29 is 9.59 Å². The Hall–Kier alpha value is -1.50. The zero-order valence-electron chi connectivity index (χ0n) is 10.7. The second-order valence-electron chi connectivity index (χ2n) is 4.74. The van der Waals surface area contributed by atoms with Crippen molar-refractivity contribution in [3.05, 3.63) is 16.5 Å². The van der Waals surface area contributed by atoms with Crippen LogP contribution in [0.2, 0.25) is 0 Å². The van der Waals surface area contributed by atoms with E-state index in [1.54, 1.807) is 6.07 Å². The third-order valence-electron chi connectivity index (χ3n) is 2.79. The summed E-state index contributed by atoms with van der Waals surface area (Å²) in [6, 6.07) is 1.29. The van der Waals surface area contributed by atoms with Crippen LogP contribution in [-0.4, -0.2) is 27.8 Å². The molecule has 1 atom stereocenters. The van der Waals surface area contributed by atoms with E-state index >= 15 is 0 Å². The van der Waals surface area contributed by atoms with Gasteiger partial charge in [0.15, 0.2) is 0 Å². The van der Waals surface area contributed by atoms with Gasteiger partial charge in [-0.3, -0.25) is 14.9 Å². The molecule has 0 spiro atoms. The minimum atomic E-state index is -0.431. The number of carbonyl (C=O) groups is 2. The second-order valence-corrected chi connectivity index (χ2v) is 5.55. The second kappa shape index (κ2) is 5.64. The number of piperidine rings is 1. The number of amides is 2. The van der Waals surface area contributed by atoms with Crippen LogP contribution in [0.5, 0.6) is 0 Å². The number of halogens is 1. The van der Waals surface area contributed by atoms with Gasteiger partial charge >= 0.3 is 0 Å². The van der Waals surface area contributed by atoms with Gasteiger partial charge in [-0.1, -0.05) is 13.8 Å². The van der Waals surface area contributed by atoms with Crippen LogP contribution < -0.4 is 10.6 Å². The quantitative estimate of drug-likeness (QED) is 0.650. The minimum Gasteiger partial charge on any atom is -0.358 e. The summed E-state index contributed by atoms with van der Waals surface area (Å²) in [6.45, 7) is 4.00. The first-order chi connectivity index (χ1) is 8.95. The van der Waals surface area contributed by atoms with Crippen LogP contribution in [0.4, 0.5) is 5.82 Å². The molecule has 102 valence electrons. The van der Waals surface area contributed by atoms with E-state index in [0.29, 0.717) is 29.1 Å². The minimum absolute atomic E-state index is 0.194. The summed E-state index contributed by atoms with van der Waals surface area (Å²) in [6.07, 6.45) is 0.815. The van der Waals surface area contributed by atoms with E-state index in [9.17, 15) is 9.59 Å². The molecule has 0 saturated carbocycles. The van der Waals surface area contributed by atoms with Crippen LogP contribution in [0.1, 0.15) is 38.4 Å². The molecule has 1 saturated heterocycles. The average molecular weight is 327 g/mol. The molecule has 0 radical (unpaired) electrons. The van der Waals surface area contributed by atoms with Crippen LogP contribution in [0, 0.1) is 0 Å². The molecule has 2 N–H and O–H groups in total. The summed E-state index contributed by atoms with van der Waals surface area (Å²) < 4.78 is 0.668. The molecule has 1 aliphatic rings. The van der Waals surface area contributed by atoms with Crippen molar-refractivity contribution in [2.75, 3.05) is 5.32 Å². The number of anilines is 1. The molecule has 19 heavy (non-hydrogen) atoms. The molecule has 0 bridgehead atoms. The van der Waals surface area contributed by atoms with Crippen molar-refractivity contribution in [3.8, 4) is 0 Å². The first-order valence-electron chi connectivity index (χ1n) is 6.10. The molecule has 6 nitrogen and oxygen atoms in total. The molecule has 7 heteroatoms. The lowest BCUT2D eigenvalue weighted by Gasteiger charge is -2.22. The van der Waals surface area contributed by atoms with Crippen LogP contribution in [0.15, 0.2) is 10.7 Å². The zero-order chi connectivity index (χ0) is 14.0. The summed E-state index contributed by atoms with van der Waals surface area (Å²) in [4.78, 5) is 31.4. The van der Waals surface area contributed by atoms with E-state index in [1.807, 2.05) is 13.8 Å². The Morgan fingerprint density at radius 1 is 1.42 bits per heavy atom. The number of nitrogens with zero attached hydrogens (tertiary/aromatic N) is 2. The smallest absolute Gasteiger partial charge is 0.249 e. The Balaban J connectivity index is 2.14. The number of aromatic nitrogens is 2. The van der Waals surface area contributed by atoms with Gasteiger partial charge in [-0.05, 0) is 22.4 Å². The first kappa shape index (κ1) is 13.9. The monoisotopic (exact) mass is 326 g/mol. The van der Waals surface area contributed by atoms with Crippen LogP contribution >= 0.6 is 15.9 Å². The summed E-state index contributed by atoms with van der Waals surface area (Å²) in [7, 11) is 0. The average Bonchev–Trinajstić information content (AvgIpc) is 2.32. The van der Waals surface area contributed by atoms with Crippen molar-refractivity contribution in [3.63, 3.8) is 0 Å². The Bertz CT molecular complexity index is 518. The van der Waals surface area contributed by atoms with Crippen molar-refractivity contribution in [1.82, 2.24) is 15.3 Å². The van der Waals surface area contributed by atoms with E-state index < -0.39 is 6.04 Å². The molecule has 1 aromatic rings. The summed E-state index contributed by atoms with van der Waals surface area (Å²) in [5, 5.41) is 5.35. The van der Waals surface area contributed by atoms with Gasteiger partial charge in [-0.15, -0.1) is 0 Å².